The highest BCUT2D eigenvalue weighted by molar-refractivity contribution is 6.35. The van der Waals surface area contributed by atoms with Crippen molar-refractivity contribution in [3.05, 3.63) is 0 Å². The molecule has 1 atom stereocenters. The Labute approximate surface area is 95.2 Å². The van der Waals surface area contributed by atoms with E-state index in [9.17, 15) is 14.4 Å². The minimum Gasteiger partial charge on any atom is -0.352 e. The second-order valence-corrected chi connectivity index (χ2v) is 4.38. The molecule has 5 heteroatoms. The average Bonchev–Trinajstić information content (AvgIpc) is 2.63. The molecule has 16 heavy (non-hydrogen) atoms. The van der Waals surface area contributed by atoms with E-state index < -0.39 is 17.7 Å². The van der Waals surface area contributed by atoms with Gasteiger partial charge in [0.05, 0.1) is 0 Å². The molecular weight excluding hydrogens is 208 g/mol. The van der Waals surface area contributed by atoms with Crippen LogP contribution in [0.1, 0.15) is 33.6 Å². The maximum Gasteiger partial charge on any atom is 0.290 e. The van der Waals surface area contributed by atoms with Crippen molar-refractivity contribution in [2.24, 2.45) is 0 Å². The van der Waals surface area contributed by atoms with Gasteiger partial charge in [0.2, 0.25) is 11.7 Å². The minimum atomic E-state index is -0.554. The van der Waals surface area contributed by atoms with Crippen LogP contribution < -0.4 is 5.32 Å². The zero-order valence-electron chi connectivity index (χ0n) is 9.95. The number of amides is 2. The first-order valence-corrected chi connectivity index (χ1v) is 5.55. The fourth-order valence-electron chi connectivity index (χ4n) is 1.87. The molecule has 1 aliphatic rings. The van der Waals surface area contributed by atoms with E-state index in [4.69, 9.17) is 0 Å². The maximum atomic E-state index is 11.8. The van der Waals surface area contributed by atoms with E-state index in [1.54, 1.807) is 0 Å². The summed E-state index contributed by atoms with van der Waals surface area (Å²) in [4.78, 5) is 35.7. The van der Waals surface area contributed by atoms with E-state index in [0.717, 1.165) is 6.42 Å². The first kappa shape index (κ1) is 12.7. The number of nitrogens with zero attached hydrogens (tertiary/aromatic N) is 1. The van der Waals surface area contributed by atoms with Crippen LogP contribution in [-0.4, -0.2) is 41.1 Å². The lowest BCUT2D eigenvalue weighted by atomic mass is 10.2. The minimum absolute atomic E-state index is 0.0439. The molecule has 1 rings (SSSR count). The Morgan fingerprint density at radius 1 is 1.31 bits per heavy atom. The van der Waals surface area contributed by atoms with Crippen LogP contribution in [0.25, 0.3) is 0 Å². The SMILES string of the molecule is CC(=O)C(=O)N1CCC[C@H]1C(=O)NC(C)C. The van der Waals surface area contributed by atoms with Crippen molar-refractivity contribution in [3.63, 3.8) is 0 Å². The molecule has 0 aromatic heterocycles. The monoisotopic (exact) mass is 226 g/mol. The summed E-state index contributed by atoms with van der Waals surface area (Å²) < 4.78 is 0. The smallest absolute Gasteiger partial charge is 0.290 e. The molecule has 1 saturated heterocycles. The second kappa shape index (κ2) is 5.09. The van der Waals surface area contributed by atoms with E-state index >= 15 is 0 Å². The van der Waals surface area contributed by atoms with Gasteiger partial charge in [0, 0.05) is 19.5 Å². The molecular formula is C11H18N2O3. The Morgan fingerprint density at radius 3 is 2.44 bits per heavy atom. The van der Waals surface area contributed by atoms with Crippen LogP contribution >= 0.6 is 0 Å². The first-order chi connectivity index (χ1) is 7.43. The summed E-state index contributed by atoms with van der Waals surface area (Å²) >= 11 is 0. The maximum absolute atomic E-state index is 11.8. The van der Waals surface area contributed by atoms with Crippen molar-refractivity contribution in [2.45, 2.75) is 45.7 Å². The molecule has 1 N–H and O–H groups in total. The Kier molecular flexibility index (Phi) is 4.04. The number of hydrogen-bond donors (Lipinski definition) is 1. The van der Waals surface area contributed by atoms with Crippen molar-refractivity contribution in [1.82, 2.24) is 10.2 Å². The topological polar surface area (TPSA) is 66.5 Å². The number of ketones is 1. The van der Waals surface area contributed by atoms with Crippen LogP contribution in [0, 0.1) is 0 Å². The van der Waals surface area contributed by atoms with Crippen molar-refractivity contribution < 1.29 is 14.4 Å². The number of carbonyl (C=O) groups excluding carboxylic acids is 3. The van der Waals surface area contributed by atoms with Gasteiger partial charge in [-0.3, -0.25) is 14.4 Å². The summed E-state index contributed by atoms with van der Waals surface area (Å²) in [6, 6.07) is -0.429. The number of carbonyl (C=O) groups is 3. The van der Waals surface area contributed by atoms with Crippen molar-refractivity contribution in [3.8, 4) is 0 Å². The Morgan fingerprint density at radius 2 is 1.94 bits per heavy atom. The van der Waals surface area contributed by atoms with Gasteiger partial charge < -0.3 is 10.2 Å². The fourth-order valence-corrected chi connectivity index (χ4v) is 1.87. The molecule has 1 aliphatic heterocycles. The van der Waals surface area contributed by atoms with Gasteiger partial charge in [0.1, 0.15) is 6.04 Å². The highest BCUT2D eigenvalue weighted by atomic mass is 16.2. The molecule has 0 aromatic rings. The lowest BCUT2D eigenvalue weighted by Crippen LogP contribution is -2.49. The number of likely N-dealkylation sites (tertiary alicyclic amines) is 1. The summed E-state index contributed by atoms with van der Waals surface area (Å²) in [6.07, 6.45) is 1.41. The molecule has 0 aliphatic carbocycles. The van der Waals surface area contributed by atoms with Gasteiger partial charge in [-0.05, 0) is 26.7 Å². The van der Waals surface area contributed by atoms with Gasteiger partial charge in [0.15, 0.2) is 0 Å². The predicted molar refractivity (Wildman–Crippen MR) is 58.7 cm³/mol. The van der Waals surface area contributed by atoms with E-state index in [-0.39, 0.29) is 11.9 Å². The Balaban J connectivity index is 2.69. The molecule has 0 spiro atoms. The molecule has 0 bridgehead atoms. The molecule has 0 unspecified atom stereocenters. The third kappa shape index (κ3) is 2.81. The van der Waals surface area contributed by atoms with Crippen LogP contribution in [0.2, 0.25) is 0 Å². The third-order valence-electron chi connectivity index (χ3n) is 2.55. The van der Waals surface area contributed by atoms with Crippen LogP contribution in [-0.2, 0) is 14.4 Å². The highest BCUT2D eigenvalue weighted by Crippen LogP contribution is 2.17. The van der Waals surface area contributed by atoms with Gasteiger partial charge in [-0.15, -0.1) is 0 Å². The van der Waals surface area contributed by atoms with E-state index in [1.165, 1.54) is 11.8 Å². The van der Waals surface area contributed by atoms with Crippen LogP contribution in [0.15, 0.2) is 0 Å². The zero-order valence-corrected chi connectivity index (χ0v) is 9.95. The van der Waals surface area contributed by atoms with Gasteiger partial charge >= 0.3 is 0 Å². The lowest BCUT2D eigenvalue weighted by molar-refractivity contribution is -0.146. The summed E-state index contributed by atoms with van der Waals surface area (Å²) in [5.74, 6) is -1.23. The van der Waals surface area contributed by atoms with Gasteiger partial charge in [-0.25, -0.2) is 0 Å². The molecule has 0 aromatic carbocycles. The molecule has 5 nitrogen and oxygen atoms in total. The van der Waals surface area contributed by atoms with Gasteiger partial charge in [-0.1, -0.05) is 0 Å². The Hall–Kier alpha value is -1.39. The third-order valence-corrected chi connectivity index (χ3v) is 2.55. The van der Waals surface area contributed by atoms with E-state index in [1.807, 2.05) is 13.8 Å². The Bertz CT molecular complexity index is 312. The number of nitrogens with one attached hydrogen (secondary N) is 1. The normalized spacial score (nSPS) is 20.0. The van der Waals surface area contributed by atoms with Crippen molar-refractivity contribution >= 4 is 17.6 Å². The number of Topliss-reactive ketones (excluding diaryl/α,β-unsaturated/α-hetero) is 1. The zero-order chi connectivity index (χ0) is 12.3. The van der Waals surface area contributed by atoms with Gasteiger partial charge in [-0.2, -0.15) is 0 Å². The summed E-state index contributed by atoms with van der Waals surface area (Å²) in [6.45, 7) is 5.46. The second-order valence-electron chi connectivity index (χ2n) is 4.38. The molecule has 90 valence electrons. The van der Waals surface area contributed by atoms with Crippen LogP contribution in [0.3, 0.4) is 0 Å². The summed E-state index contributed by atoms with van der Waals surface area (Å²) in [5, 5.41) is 2.76. The molecule has 1 heterocycles. The lowest BCUT2D eigenvalue weighted by Gasteiger charge is -2.23. The standard InChI is InChI=1S/C11H18N2O3/c1-7(2)12-10(15)9-5-4-6-13(9)11(16)8(3)14/h7,9H,4-6H2,1-3H3,(H,12,15)/t9-/m0/s1. The van der Waals surface area contributed by atoms with E-state index in [2.05, 4.69) is 5.32 Å². The predicted octanol–water partition coefficient (Wildman–Crippen LogP) is 0.0910. The van der Waals surface area contributed by atoms with Gasteiger partial charge in [0.25, 0.3) is 5.91 Å². The molecule has 0 radical (unpaired) electrons. The number of hydrogen-bond acceptors (Lipinski definition) is 3. The van der Waals surface area contributed by atoms with Crippen LogP contribution in [0.4, 0.5) is 0 Å². The number of rotatable bonds is 3. The quantitative estimate of drug-likeness (QED) is 0.694. The summed E-state index contributed by atoms with van der Waals surface area (Å²) in [7, 11) is 0. The fraction of sp³-hybridized carbons (Fsp3) is 0.727. The molecule has 2 amide bonds. The van der Waals surface area contributed by atoms with Crippen LogP contribution in [0.5, 0.6) is 0 Å². The molecule has 0 saturated carbocycles. The van der Waals surface area contributed by atoms with E-state index in [0.29, 0.717) is 13.0 Å². The largest absolute Gasteiger partial charge is 0.352 e. The van der Waals surface area contributed by atoms with Crippen molar-refractivity contribution in [2.75, 3.05) is 6.54 Å². The summed E-state index contributed by atoms with van der Waals surface area (Å²) in [5.41, 5.74) is 0. The van der Waals surface area contributed by atoms with Crippen molar-refractivity contribution in [1.29, 1.82) is 0 Å². The first-order valence-electron chi connectivity index (χ1n) is 5.55. The average molecular weight is 226 g/mol. The molecule has 1 fully saturated rings. The highest BCUT2D eigenvalue weighted by Gasteiger charge is 2.35.